The predicted molar refractivity (Wildman–Crippen MR) is 78.2 cm³/mol. The Balaban J connectivity index is 2.28. The first-order valence-electron chi connectivity index (χ1n) is 6.21. The Hall–Kier alpha value is -1.95. The summed E-state index contributed by atoms with van der Waals surface area (Å²) < 4.78 is 2.00. The largest absolute Gasteiger partial charge is 0.354 e. The molecule has 6 heteroatoms. The molecule has 0 saturated heterocycles. The van der Waals surface area contributed by atoms with Gasteiger partial charge in [0, 0.05) is 23.8 Å². The number of thiophene rings is 1. The van der Waals surface area contributed by atoms with Crippen LogP contribution in [0.4, 0.5) is 5.95 Å². The minimum Gasteiger partial charge on any atom is -0.354 e. The van der Waals surface area contributed by atoms with Crippen LogP contribution in [-0.2, 0) is 0 Å². The number of nitrogens with zero attached hydrogens (tertiary/aromatic N) is 4. The number of fused-ring (bicyclic) bond motifs is 1. The summed E-state index contributed by atoms with van der Waals surface area (Å²) in [5.74, 6) is 2.48. The monoisotopic (exact) mass is 273 g/mol. The van der Waals surface area contributed by atoms with E-state index in [1.165, 1.54) is 4.88 Å². The van der Waals surface area contributed by atoms with Gasteiger partial charge in [-0.2, -0.15) is 4.98 Å². The van der Waals surface area contributed by atoms with Gasteiger partial charge in [0.05, 0.1) is 5.39 Å². The molecule has 1 N–H and O–H groups in total. The van der Waals surface area contributed by atoms with Crippen LogP contribution in [0.1, 0.15) is 17.6 Å². The number of hydrogen-bond acceptors (Lipinski definition) is 5. The maximum Gasteiger partial charge on any atom is 0.226 e. The number of imidazole rings is 1. The van der Waals surface area contributed by atoms with E-state index in [0.717, 1.165) is 28.4 Å². The van der Waals surface area contributed by atoms with Gasteiger partial charge in [-0.25, -0.2) is 9.97 Å². The standard InChI is InChI=1S/C13H15N5S/c1-4-14-13-16-11(18-6-5-15-9(18)3)10-7-8(2)19-12(10)17-13/h5-7H,4H2,1-3H3,(H,14,16,17). The van der Waals surface area contributed by atoms with Gasteiger partial charge in [0.2, 0.25) is 5.95 Å². The molecule has 0 fully saturated rings. The molecule has 19 heavy (non-hydrogen) atoms. The quantitative estimate of drug-likeness (QED) is 0.797. The van der Waals surface area contributed by atoms with E-state index in [1.807, 2.05) is 24.6 Å². The van der Waals surface area contributed by atoms with Gasteiger partial charge in [-0.15, -0.1) is 11.3 Å². The summed E-state index contributed by atoms with van der Waals surface area (Å²) in [6.45, 7) is 6.90. The highest BCUT2D eigenvalue weighted by molar-refractivity contribution is 7.18. The van der Waals surface area contributed by atoms with Crippen LogP contribution in [0.15, 0.2) is 18.5 Å². The molecule has 0 atom stereocenters. The Morgan fingerprint density at radius 1 is 1.32 bits per heavy atom. The van der Waals surface area contributed by atoms with Gasteiger partial charge >= 0.3 is 0 Å². The van der Waals surface area contributed by atoms with Crippen molar-refractivity contribution in [2.24, 2.45) is 0 Å². The average Bonchev–Trinajstić information content (AvgIpc) is 2.93. The zero-order chi connectivity index (χ0) is 13.4. The van der Waals surface area contributed by atoms with E-state index in [2.05, 4.69) is 33.3 Å². The van der Waals surface area contributed by atoms with E-state index < -0.39 is 0 Å². The van der Waals surface area contributed by atoms with Crippen molar-refractivity contribution in [1.82, 2.24) is 19.5 Å². The lowest BCUT2D eigenvalue weighted by Crippen LogP contribution is -2.06. The van der Waals surface area contributed by atoms with Crippen LogP contribution < -0.4 is 5.32 Å². The molecule has 0 aliphatic carbocycles. The van der Waals surface area contributed by atoms with E-state index in [0.29, 0.717) is 5.95 Å². The van der Waals surface area contributed by atoms with Crippen LogP contribution in [0, 0.1) is 13.8 Å². The molecule has 0 aromatic carbocycles. The first-order valence-corrected chi connectivity index (χ1v) is 7.03. The molecule has 0 amide bonds. The van der Waals surface area contributed by atoms with E-state index in [1.54, 1.807) is 17.5 Å². The minimum absolute atomic E-state index is 0.667. The van der Waals surface area contributed by atoms with Crippen LogP contribution in [0.25, 0.3) is 16.0 Å². The maximum atomic E-state index is 4.61. The van der Waals surface area contributed by atoms with Gasteiger partial charge in [0.25, 0.3) is 0 Å². The van der Waals surface area contributed by atoms with Gasteiger partial charge in [-0.05, 0) is 26.8 Å². The van der Waals surface area contributed by atoms with E-state index in [-0.39, 0.29) is 0 Å². The highest BCUT2D eigenvalue weighted by atomic mass is 32.1. The van der Waals surface area contributed by atoms with Crippen molar-refractivity contribution in [3.05, 3.63) is 29.2 Å². The predicted octanol–water partition coefficient (Wildman–Crippen LogP) is 2.93. The van der Waals surface area contributed by atoms with E-state index in [4.69, 9.17) is 0 Å². The molecule has 3 aromatic heterocycles. The third-order valence-corrected chi connectivity index (χ3v) is 3.83. The lowest BCUT2D eigenvalue weighted by Gasteiger charge is -2.08. The lowest BCUT2D eigenvalue weighted by atomic mass is 10.3. The molecule has 0 aliphatic rings. The van der Waals surface area contributed by atoms with Crippen molar-refractivity contribution < 1.29 is 0 Å². The smallest absolute Gasteiger partial charge is 0.226 e. The highest BCUT2D eigenvalue weighted by Crippen LogP contribution is 2.29. The zero-order valence-corrected chi connectivity index (χ0v) is 12.0. The van der Waals surface area contributed by atoms with E-state index >= 15 is 0 Å². The number of aryl methyl sites for hydroxylation is 2. The van der Waals surface area contributed by atoms with Crippen molar-refractivity contribution in [3.8, 4) is 5.82 Å². The Labute approximate surface area is 115 Å². The first-order chi connectivity index (χ1) is 9.19. The molecule has 0 unspecified atom stereocenters. The van der Waals surface area contributed by atoms with E-state index in [9.17, 15) is 0 Å². The highest BCUT2D eigenvalue weighted by Gasteiger charge is 2.13. The van der Waals surface area contributed by atoms with Crippen LogP contribution >= 0.6 is 11.3 Å². The molecule has 0 saturated carbocycles. The molecular formula is C13H15N5S. The normalized spacial score (nSPS) is 11.1. The Bertz CT molecular complexity index is 728. The summed E-state index contributed by atoms with van der Waals surface area (Å²) in [7, 11) is 0. The Morgan fingerprint density at radius 2 is 2.16 bits per heavy atom. The molecule has 3 heterocycles. The number of rotatable bonds is 3. The van der Waals surface area contributed by atoms with Gasteiger partial charge in [0.15, 0.2) is 5.82 Å². The minimum atomic E-state index is 0.667. The fourth-order valence-electron chi connectivity index (χ4n) is 2.05. The zero-order valence-electron chi connectivity index (χ0n) is 11.1. The number of hydrogen-bond donors (Lipinski definition) is 1. The molecular weight excluding hydrogens is 258 g/mol. The summed E-state index contributed by atoms with van der Waals surface area (Å²) in [6.07, 6.45) is 3.72. The summed E-state index contributed by atoms with van der Waals surface area (Å²) >= 11 is 1.68. The van der Waals surface area contributed by atoms with Crippen LogP contribution in [0.3, 0.4) is 0 Å². The van der Waals surface area contributed by atoms with Crippen LogP contribution in [0.2, 0.25) is 0 Å². The SMILES string of the molecule is CCNc1nc(-n2ccnc2C)c2cc(C)sc2n1. The lowest BCUT2D eigenvalue weighted by molar-refractivity contribution is 0.934. The second-order valence-electron chi connectivity index (χ2n) is 4.32. The van der Waals surface area contributed by atoms with Gasteiger partial charge in [-0.1, -0.05) is 0 Å². The van der Waals surface area contributed by atoms with Gasteiger partial charge < -0.3 is 5.32 Å². The molecule has 0 aliphatic heterocycles. The van der Waals surface area contributed by atoms with Crippen LogP contribution in [0.5, 0.6) is 0 Å². The molecule has 98 valence electrons. The summed E-state index contributed by atoms with van der Waals surface area (Å²) in [6, 6.07) is 2.13. The number of anilines is 1. The molecule has 5 nitrogen and oxygen atoms in total. The molecule has 0 radical (unpaired) electrons. The number of aromatic nitrogens is 4. The summed E-state index contributed by atoms with van der Waals surface area (Å²) in [5.41, 5.74) is 0. The second kappa shape index (κ2) is 4.62. The average molecular weight is 273 g/mol. The third kappa shape index (κ3) is 2.08. The second-order valence-corrected chi connectivity index (χ2v) is 5.56. The Kier molecular flexibility index (Phi) is 2.94. The topological polar surface area (TPSA) is 55.6 Å². The molecule has 3 rings (SSSR count). The van der Waals surface area contributed by atoms with Gasteiger partial charge in [-0.3, -0.25) is 4.57 Å². The van der Waals surface area contributed by atoms with Crippen molar-refractivity contribution in [1.29, 1.82) is 0 Å². The summed E-state index contributed by atoms with van der Waals surface area (Å²) in [4.78, 5) is 15.7. The van der Waals surface area contributed by atoms with Crippen molar-refractivity contribution in [2.75, 3.05) is 11.9 Å². The molecule has 3 aromatic rings. The van der Waals surface area contributed by atoms with Crippen molar-refractivity contribution in [2.45, 2.75) is 20.8 Å². The Morgan fingerprint density at radius 3 is 2.84 bits per heavy atom. The number of nitrogens with one attached hydrogen (secondary N) is 1. The van der Waals surface area contributed by atoms with Crippen molar-refractivity contribution >= 4 is 27.5 Å². The summed E-state index contributed by atoms with van der Waals surface area (Å²) in [5, 5.41) is 4.26. The van der Waals surface area contributed by atoms with Gasteiger partial charge in [0.1, 0.15) is 10.7 Å². The third-order valence-electron chi connectivity index (χ3n) is 2.88. The molecule has 0 bridgehead atoms. The van der Waals surface area contributed by atoms with Crippen LogP contribution in [-0.4, -0.2) is 26.1 Å². The van der Waals surface area contributed by atoms with Crippen molar-refractivity contribution in [3.63, 3.8) is 0 Å². The fraction of sp³-hybridized carbons (Fsp3) is 0.308. The fourth-order valence-corrected chi connectivity index (χ4v) is 2.92. The first kappa shape index (κ1) is 12.1. The molecule has 0 spiro atoms. The maximum absolute atomic E-state index is 4.61.